The van der Waals surface area contributed by atoms with E-state index in [9.17, 15) is 22.8 Å². The van der Waals surface area contributed by atoms with Crippen molar-refractivity contribution in [3.05, 3.63) is 35.1 Å². The van der Waals surface area contributed by atoms with Gasteiger partial charge in [0.25, 0.3) is 12.3 Å². The predicted molar refractivity (Wildman–Crippen MR) is 55.9 cm³/mol. The van der Waals surface area contributed by atoms with Crippen LogP contribution in [0.3, 0.4) is 0 Å². The molecule has 1 aromatic carbocycles. The molecular weight excluding hydrogens is 251 g/mol. The predicted octanol–water partition coefficient (Wildman–Crippen LogP) is 1.97. The van der Waals surface area contributed by atoms with Gasteiger partial charge in [-0.2, -0.15) is 0 Å². The number of carboxylic acids is 1. The molecular formula is C11H10F3NO3. The van der Waals surface area contributed by atoms with Crippen molar-refractivity contribution in [1.29, 1.82) is 0 Å². The van der Waals surface area contributed by atoms with Gasteiger partial charge >= 0.3 is 5.97 Å². The zero-order chi connectivity index (χ0) is 13.9. The van der Waals surface area contributed by atoms with Crippen molar-refractivity contribution in [2.75, 3.05) is 0 Å². The number of halogens is 3. The van der Waals surface area contributed by atoms with Crippen molar-refractivity contribution in [3.8, 4) is 0 Å². The van der Waals surface area contributed by atoms with E-state index in [4.69, 9.17) is 5.11 Å². The van der Waals surface area contributed by atoms with Crippen molar-refractivity contribution in [3.63, 3.8) is 0 Å². The van der Waals surface area contributed by atoms with Crippen LogP contribution in [0.15, 0.2) is 18.2 Å². The summed E-state index contributed by atoms with van der Waals surface area (Å²) in [6.07, 6.45) is -2.84. The normalized spacial score (nSPS) is 12.3. The van der Waals surface area contributed by atoms with Gasteiger partial charge in [-0.1, -0.05) is 6.07 Å². The van der Waals surface area contributed by atoms with E-state index in [0.29, 0.717) is 6.07 Å². The molecule has 2 N–H and O–H groups in total. The van der Waals surface area contributed by atoms with Gasteiger partial charge in [-0.15, -0.1) is 0 Å². The number of carboxylic acid groups (broad SMARTS) is 1. The van der Waals surface area contributed by atoms with E-state index in [1.54, 1.807) is 0 Å². The number of alkyl halides is 2. The van der Waals surface area contributed by atoms with Gasteiger partial charge in [0.2, 0.25) is 0 Å². The highest BCUT2D eigenvalue weighted by atomic mass is 19.3. The molecule has 1 atom stereocenters. The number of benzene rings is 1. The first-order valence-electron chi connectivity index (χ1n) is 4.94. The molecule has 0 spiro atoms. The fourth-order valence-electron chi connectivity index (χ4n) is 1.19. The molecule has 7 heteroatoms. The lowest BCUT2D eigenvalue weighted by atomic mass is 10.1. The van der Waals surface area contributed by atoms with Gasteiger partial charge in [-0.25, -0.2) is 13.2 Å². The highest BCUT2D eigenvalue weighted by Crippen LogP contribution is 2.21. The van der Waals surface area contributed by atoms with Gasteiger partial charge in [-0.3, -0.25) is 9.59 Å². The van der Waals surface area contributed by atoms with Crippen molar-refractivity contribution in [2.24, 2.45) is 0 Å². The second-order valence-electron chi connectivity index (χ2n) is 3.57. The zero-order valence-corrected chi connectivity index (χ0v) is 9.28. The SMILES string of the molecule is C[C@@H](NC(=O)c1cc(C(F)F)ccc1F)C(=O)O. The first-order chi connectivity index (χ1) is 8.32. The van der Waals surface area contributed by atoms with E-state index in [-0.39, 0.29) is 0 Å². The molecule has 0 bridgehead atoms. The largest absolute Gasteiger partial charge is 0.480 e. The first-order valence-corrected chi connectivity index (χ1v) is 4.94. The summed E-state index contributed by atoms with van der Waals surface area (Å²) in [5.41, 5.74) is -1.12. The second-order valence-corrected chi connectivity index (χ2v) is 3.57. The molecule has 4 nitrogen and oxygen atoms in total. The van der Waals surface area contributed by atoms with Crippen LogP contribution in [-0.2, 0) is 4.79 Å². The van der Waals surface area contributed by atoms with Crippen LogP contribution in [0.1, 0.15) is 29.3 Å². The summed E-state index contributed by atoms with van der Waals surface area (Å²) in [5.74, 6) is -3.35. The van der Waals surface area contributed by atoms with E-state index in [1.165, 1.54) is 6.92 Å². The van der Waals surface area contributed by atoms with Crippen LogP contribution in [-0.4, -0.2) is 23.0 Å². The number of nitrogens with one attached hydrogen (secondary N) is 1. The summed E-state index contributed by atoms with van der Waals surface area (Å²) in [6.45, 7) is 1.18. The molecule has 0 saturated carbocycles. The monoisotopic (exact) mass is 261 g/mol. The standard InChI is InChI=1S/C11H10F3NO3/c1-5(11(17)18)15-10(16)7-4-6(9(13)14)2-3-8(7)12/h2-5,9H,1H3,(H,15,16)(H,17,18)/t5-/m1/s1. The molecule has 0 aromatic heterocycles. The maximum atomic E-state index is 13.3. The third-order valence-corrected chi connectivity index (χ3v) is 2.21. The molecule has 0 saturated heterocycles. The zero-order valence-electron chi connectivity index (χ0n) is 9.28. The molecule has 0 aliphatic rings. The number of rotatable bonds is 4. The minimum absolute atomic E-state index is 0.510. The Balaban J connectivity index is 2.98. The van der Waals surface area contributed by atoms with E-state index < -0.39 is 41.3 Å². The van der Waals surface area contributed by atoms with Gasteiger partial charge in [0.15, 0.2) is 0 Å². The molecule has 0 radical (unpaired) electrons. The molecule has 1 amide bonds. The van der Waals surface area contributed by atoms with Gasteiger partial charge in [0.05, 0.1) is 5.56 Å². The average molecular weight is 261 g/mol. The molecule has 98 valence electrons. The number of aliphatic carboxylic acids is 1. The summed E-state index contributed by atoms with van der Waals surface area (Å²) in [5, 5.41) is 10.5. The van der Waals surface area contributed by atoms with Gasteiger partial charge in [0.1, 0.15) is 11.9 Å². The number of carbonyl (C=O) groups excluding carboxylic acids is 1. The van der Waals surface area contributed by atoms with Crippen molar-refractivity contribution < 1.29 is 27.9 Å². The summed E-state index contributed by atoms with van der Waals surface area (Å²) in [7, 11) is 0. The fourth-order valence-corrected chi connectivity index (χ4v) is 1.19. The second kappa shape index (κ2) is 5.52. The Labute approximate surface area is 100 Å². The highest BCUT2D eigenvalue weighted by Gasteiger charge is 2.20. The van der Waals surface area contributed by atoms with Crippen molar-refractivity contribution in [1.82, 2.24) is 5.32 Å². The lowest BCUT2D eigenvalue weighted by Gasteiger charge is -2.10. The number of hydrogen-bond donors (Lipinski definition) is 2. The van der Waals surface area contributed by atoms with Gasteiger partial charge < -0.3 is 10.4 Å². The lowest BCUT2D eigenvalue weighted by Crippen LogP contribution is -2.38. The number of amides is 1. The molecule has 0 fully saturated rings. The molecule has 1 aromatic rings. The molecule has 0 heterocycles. The van der Waals surface area contributed by atoms with Crippen LogP contribution in [0, 0.1) is 5.82 Å². The molecule has 0 aliphatic heterocycles. The highest BCUT2D eigenvalue weighted by molar-refractivity contribution is 5.96. The Morgan fingerprint density at radius 1 is 1.33 bits per heavy atom. The minimum Gasteiger partial charge on any atom is -0.480 e. The van der Waals surface area contributed by atoms with Crippen LogP contribution in [0.2, 0.25) is 0 Å². The van der Waals surface area contributed by atoms with E-state index in [0.717, 1.165) is 12.1 Å². The molecule has 0 aliphatic carbocycles. The number of hydrogen-bond acceptors (Lipinski definition) is 2. The summed E-state index contributed by atoms with van der Waals surface area (Å²) < 4.78 is 38.1. The average Bonchev–Trinajstić information content (AvgIpc) is 2.28. The van der Waals surface area contributed by atoms with E-state index in [2.05, 4.69) is 0 Å². The van der Waals surface area contributed by atoms with Gasteiger partial charge in [-0.05, 0) is 19.1 Å². The Bertz CT molecular complexity index is 477. The summed E-state index contributed by atoms with van der Waals surface area (Å²) >= 11 is 0. The third kappa shape index (κ3) is 3.22. The minimum atomic E-state index is -2.84. The maximum Gasteiger partial charge on any atom is 0.325 e. The van der Waals surface area contributed by atoms with Gasteiger partial charge in [0, 0.05) is 5.56 Å². The molecule has 0 unspecified atom stereocenters. The topological polar surface area (TPSA) is 66.4 Å². The third-order valence-electron chi connectivity index (χ3n) is 2.21. The summed E-state index contributed by atoms with van der Waals surface area (Å²) in [4.78, 5) is 22.0. The lowest BCUT2D eigenvalue weighted by molar-refractivity contribution is -0.138. The Hall–Kier alpha value is -2.05. The summed E-state index contributed by atoms with van der Waals surface area (Å²) in [6, 6.07) is 1.05. The first kappa shape index (κ1) is 14.0. The quantitative estimate of drug-likeness (QED) is 0.870. The Morgan fingerprint density at radius 3 is 2.44 bits per heavy atom. The molecule has 18 heavy (non-hydrogen) atoms. The fraction of sp³-hybridized carbons (Fsp3) is 0.273. The van der Waals surface area contributed by atoms with Crippen LogP contribution in [0.4, 0.5) is 13.2 Å². The smallest absolute Gasteiger partial charge is 0.325 e. The number of carbonyl (C=O) groups is 2. The van der Waals surface area contributed by atoms with Crippen LogP contribution in [0.5, 0.6) is 0 Å². The van der Waals surface area contributed by atoms with Crippen LogP contribution in [0.25, 0.3) is 0 Å². The van der Waals surface area contributed by atoms with Crippen molar-refractivity contribution in [2.45, 2.75) is 19.4 Å². The van der Waals surface area contributed by atoms with E-state index in [1.807, 2.05) is 5.32 Å². The Morgan fingerprint density at radius 2 is 1.94 bits per heavy atom. The van der Waals surface area contributed by atoms with Crippen LogP contribution >= 0.6 is 0 Å². The maximum absolute atomic E-state index is 13.3. The molecule has 1 rings (SSSR count). The Kier molecular flexibility index (Phi) is 4.30. The van der Waals surface area contributed by atoms with Crippen LogP contribution < -0.4 is 5.32 Å². The van der Waals surface area contributed by atoms with E-state index >= 15 is 0 Å². The van der Waals surface area contributed by atoms with Crippen molar-refractivity contribution >= 4 is 11.9 Å².